The van der Waals surface area contributed by atoms with Crippen molar-refractivity contribution in [2.75, 3.05) is 20.2 Å². The van der Waals surface area contributed by atoms with Crippen molar-refractivity contribution in [3.8, 4) is 17.1 Å². The summed E-state index contributed by atoms with van der Waals surface area (Å²) >= 11 is 0. The molecule has 1 aromatic heterocycles. The van der Waals surface area contributed by atoms with Crippen LogP contribution in [0, 0.1) is 18.2 Å². The summed E-state index contributed by atoms with van der Waals surface area (Å²) in [6.45, 7) is 1.66. The summed E-state index contributed by atoms with van der Waals surface area (Å²) in [5, 5.41) is 0. The van der Waals surface area contributed by atoms with E-state index in [0.29, 0.717) is 22.4 Å². The minimum atomic E-state index is -3.11. The van der Waals surface area contributed by atoms with E-state index in [-0.39, 0.29) is 43.3 Å². The summed E-state index contributed by atoms with van der Waals surface area (Å²) in [7, 11) is 1.41. The predicted octanol–water partition coefficient (Wildman–Crippen LogP) is 2.71. The van der Waals surface area contributed by atoms with Crippen LogP contribution in [0.25, 0.3) is 11.4 Å². The van der Waals surface area contributed by atoms with Crippen LogP contribution in [0.3, 0.4) is 0 Å². The van der Waals surface area contributed by atoms with Gasteiger partial charge in [0.2, 0.25) is 0 Å². The van der Waals surface area contributed by atoms with Gasteiger partial charge in [-0.25, -0.2) is 14.4 Å². The zero-order chi connectivity index (χ0) is 23.2. The van der Waals surface area contributed by atoms with Gasteiger partial charge in [-0.2, -0.15) is 8.78 Å². The van der Waals surface area contributed by atoms with Gasteiger partial charge < -0.3 is 9.64 Å². The second kappa shape index (κ2) is 7.99. The van der Waals surface area contributed by atoms with Crippen molar-refractivity contribution in [2.24, 2.45) is 5.41 Å². The number of carbonyl (C=O) groups is 3. The fraction of sp³-hybridized carbons (Fsp3) is 0.409. The van der Waals surface area contributed by atoms with Crippen LogP contribution in [0.5, 0.6) is 5.75 Å². The number of Topliss-reactive ketones (excluding diaryl/α,β-unsaturated/α-hetero) is 2. The largest absolute Gasteiger partial charge is 0.496 e. The van der Waals surface area contributed by atoms with E-state index in [0.717, 1.165) is 17.3 Å². The second-order valence-corrected chi connectivity index (χ2v) is 8.35. The number of likely N-dealkylation sites (tertiary alicyclic amines) is 1. The Labute approximate surface area is 181 Å². The van der Waals surface area contributed by atoms with Gasteiger partial charge in [0.1, 0.15) is 23.2 Å². The molecule has 2 heterocycles. The maximum Gasteiger partial charge on any atom is 0.315 e. The number of aryl methyl sites for hydroxylation is 1. The van der Waals surface area contributed by atoms with Crippen LogP contribution in [0.15, 0.2) is 24.5 Å². The van der Waals surface area contributed by atoms with Crippen LogP contribution in [0.4, 0.5) is 13.2 Å². The van der Waals surface area contributed by atoms with Gasteiger partial charge in [0.15, 0.2) is 11.6 Å². The van der Waals surface area contributed by atoms with Crippen LogP contribution in [0.1, 0.15) is 29.9 Å². The fourth-order valence-electron chi connectivity index (χ4n) is 4.68. The van der Waals surface area contributed by atoms with Crippen LogP contribution in [-0.2, 0) is 14.4 Å². The first-order valence-corrected chi connectivity index (χ1v) is 9.93. The van der Waals surface area contributed by atoms with Gasteiger partial charge in [0, 0.05) is 42.5 Å². The molecule has 2 aromatic rings. The molecule has 0 radical (unpaired) electrons. The van der Waals surface area contributed by atoms with Crippen LogP contribution in [-0.4, -0.2) is 59.0 Å². The second-order valence-electron chi connectivity index (χ2n) is 8.35. The zero-order valence-electron chi connectivity index (χ0n) is 17.4. The lowest BCUT2D eigenvalue weighted by Crippen LogP contribution is -2.63. The topological polar surface area (TPSA) is 89.5 Å². The minimum absolute atomic E-state index is 0.0157. The molecule has 0 bridgehead atoms. The predicted molar refractivity (Wildman–Crippen MR) is 106 cm³/mol. The Hall–Kier alpha value is -3.30. The van der Waals surface area contributed by atoms with Crippen molar-refractivity contribution in [1.29, 1.82) is 0 Å². The van der Waals surface area contributed by atoms with Gasteiger partial charge in [0.05, 0.1) is 19.5 Å². The molecule has 2 aliphatic rings. The molecular weight excluding hydrogens is 427 g/mol. The highest BCUT2D eigenvalue weighted by Gasteiger charge is 2.54. The van der Waals surface area contributed by atoms with E-state index in [9.17, 15) is 27.6 Å². The number of hydrogen-bond acceptors (Lipinski definition) is 6. The Morgan fingerprint density at radius 3 is 2.28 bits per heavy atom. The summed E-state index contributed by atoms with van der Waals surface area (Å²) in [4.78, 5) is 46.4. The first-order valence-electron chi connectivity index (χ1n) is 9.93. The summed E-state index contributed by atoms with van der Waals surface area (Å²) in [6, 6.07) is 3.29. The average Bonchev–Trinajstić information content (AvgIpc) is 2.72. The monoisotopic (exact) mass is 447 g/mol. The van der Waals surface area contributed by atoms with Crippen LogP contribution < -0.4 is 4.74 Å². The summed E-state index contributed by atoms with van der Waals surface area (Å²) in [5.74, 6) is -3.01. The molecule has 0 N–H and O–H groups in total. The molecule has 1 spiro atoms. The molecule has 1 saturated carbocycles. The van der Waals surface area contributed by atoms with Crippen LogP contribution in [0.2, 0.25) is 0 Å². The highest BCUT2D eigenvalue weighted by Crippen LogP contribution is 2.47. The number of nitrogens with zero attached hydrogens (tertiary/aromatic N) is 3. The van der Waals surface area contributed by atoms with Crippen molar-refractivity contribution in [1.82, 2.24) is 14.9 Å². The normalized spacial score (nSPS) is 18.2. The molecule has 1 aromatic carbocycles. The third-order valence-electron chi connectivity index (χ3n) is 6.03. The highest BCUT2D eigenvalue weighted by molar-refractivity contribution is 6.11. The van der Waals surface area contributed by atoms with Gasteiger partial charge in [-0.05, 0) is 24.6 Å². The third kappa shape index (κ3) is 3.74. The maximum absolute atomic E-state index is 13.1. The van der Waals surface area contributed by atoms with Gasteiger partial charge >= 0.3 is 6.43 Å². The van der Waals surface area contributed by atoms with E-state index in [2.05, 4.69) is 9.97 Å². The van der Waals surface area contributed by atoms with Crippen molar-refractivity contribution >= 4 is 17.5 Å². The number of aromatic nitrogens is 2. The molecule has 1 aliphatic heterocycles. The molecule has 1 amide bonds. The number of carbonyl (C=O) groups excluding carboxylic acids is 3. The number of methoxy groups -OCH3 is 1. The number of amides is 1. The molecule has 1 aliphatic carbocycles. The van der Waals surface area contributed by atoms with Gasteiger partial charge in [-0.1, -0.05) is 0 Å². The number of alkyl halides is 2. The van der Waals surface area contributed by atoms with Crippen molar-refractivity contribution in [3.05, 3.63) is 41.5 Å². The Balaban J connectivity index is 1.60. The Morgan fingerprint density at radius 2 is 1.75 bits per heavy atom. The van der Waals surface area contributed by atoms with Gasteiger partial charge in [-0.3, -0.25) is 14.4 Å². The number of halogens is 3. The maximum atomic E-state index is 13.1. The molecule has 7 nitrogen and oxygen atoms in total. The minimum Gasteiger partial charge on any atom is -0.496 e. The Morgan fingerprint density at radius 1 is 1.16 bits per heavy atom. The van der Waals surface area contributed by atoms with E-state index < -0.39 is 29.5 Å². The molecule has 168 valence electrons. The van der Waals surface area contributed by atoms with E-state index in [1.807, 2.05) is 0 Å². The molecule has 4 rings (SSSR count). The molecule has 32 heavy (non-hydrogen) atoms. The quantitative estimate of drug-likeness (QED) is 0.670. The lowest BCUT2D eigenvalue weighted by atomic mass is 9.63. The SMILES string of the molecule is COc1cc(-c2ncc(F)cn2)cc(C)c1C1C(=O)CC2(CC1=O)CN(C(=O)C(F)F)C2. The zero-order valence-corrected chi connectivity index (χ0v) is 17.4. The molecule has 0 atom stereocenters. The molecular formula is C22H20F3N3O4. The van der Waals surface area contributed by atoms with E-state index in [1.54, 1.807) is 19.1 Å². The van der Waals surface area contributed by atoms with E-state index in [4.69, 9.17) is 4.74 Å². The molecule has 10 heteroatoms. The number of benzene rings is 1. The van der Waals surface area contributed by atoms with Crippen LogP contribution >= 0.6 is 0 Å². The van der Waals surface area contributed by atoms with Crippen molar-refractivity contribution in [2.45, 2.75) is 32.1 Å². The third-order valence-corrected chi connectivity index (χ3v) is 6.03. The highest BCUT2D eigenvalue weighted by atomic mass is 19.3. The Kier molecular flexibility index (Phi) is 5.47. The number of rotatable bonds is 4. The molecule has 0 unspecified atom stereocenters. The number of hydrogen-bond donors (Lipinski definition) is 0. The number of ketones is 2. The summed E-state index contributed by atoms with van der Waals surface area (Å²) < 4.78 is 43.9. The smallest absolute Gasteiger partial charge is 0.315 e. The summed E-state index contributed by atoms with van der Waals surface area (Å²) in [5.41, 5.74) is 0.801. The standard InChI is InChI=1S/C22H20F3N3O4/c1-11-3-12(20-26-7-13(23)8-27-20)4-16(32-2)17(11)18-14(29)5-22(6-15(18)30)9-28(10-22)21(31)19(24)25/h3-4,7-8,18-19H,5-6,9-10H2,1-2H3. The first kappa shape index (κ1) is 21.9. The van der Waals surface area contributed by atoms with E-state index in [1.165, 1.54) is 7.11 Å². The van der Waals surface area contributed by atoms with Crippen molar-refractivity contribution in [3.63, 3.8) is 0 Å². The van der Waals surface area contributed by atoms with Crippen molar-refractivity contribution < 1.29 is 32.3 Å². The van der Waals surface area contributed by atoms with Gasteiger partial charge in [-0.15, -0.1) is 0 Å². The average molecular weight is 447 g/mol. The summed E-state index contributed by atoms with van der Waals surface area (Å²) in [6.07, 6.45) is -1.01. The fourth-order valence-corrected chi connectivity index (χ4v) is 4.68. The lowest BCUT2D eigenvalue weighted by Gasteiger charge is -2.52. The Bertz CT molecular complexity index is 1080. The lowest BCUT2D eigenvalue weighted by molar-refractivity contribution is -0.162. The van der Waals surface area contributed by atoms with Gasteiger partial charge in [0.25, 0.3) is 5.91 Å². The molecule has 1 saturated heterocycles. The first-order chi connectivity index (χ1) is 15.1. The molecule has 2 fully saturated rings. The number of ether oxygens (including phenoxy) is 1. The van der Waals surface area contributed by atoms with E-state index >= 15 is 0 Å².